The van der Waals surface area contributed by atoms with Crippen molar-refractivity contribution < 1.29 is 4.79 Å². The Labute approximate surface area is 135 Å². The highest BCUT2D eigenvalue weighted by Gasteiger charge is 2.16. The van der Waals surface area contributed by atoms with Crippen molar-refractivity contribution in [2.24, 2.45) is 5.73 Å². The number of carbonyl (C=O) groups excluding carboxylic acids is 1. The normalized spacial score (nSPS) is 11.2. The molecule has 7 nitrogen and oxygen atoms in total. The first-order valence-corrected chi connectivity index (χ1v) is 7.25. The molecule has 4 aromatic rings. The molecule has 118 valence electrons. The van der Waals surface area contributed by atoms with Crippen molar-refractivity contribution in [3.8, 4) is 11.4 Å². The topological polar surface area (TPSA) is 131 Å². The molecule has 0 spiro atoms. The Morgan fingerprint density at radius 3 is 2.62 bits per heavy atom. The van der Waals surface area contributed by atoms with E-state index >= 15 is 0 Å². The summed E-state index contributed by atoms with van der Waals surface area (Å²) in [6.45, 7) is 0. The summed E-state index contributed by atoms with van der Waals surface area (Å²) in [7, 11) is 0. The highest BCUT2D eigenvalue weighted by Crippen LogP contribution is 2.31. The van der Waals surface area contributed by atoms with Gasteiger partial charge in [0.25, 0.3) is 5.56 Å². The minimum absolute atomic E-state index is 0.197. The average Bonchev–Trinajstić information content (AvgIpc) is 2.90. The zero-order valence-corrected chi connectivity index (χ0v) is 12.5. The predicted octanol–water partition coefficient (Wildman–Crippen LogP) is 1.75. The van der Waals surface area contributed by atoms with Crippen LogP contribution in [0.1, 0.15) is 10.4 Å². The molecule has 0 radical (unpaired) electrons. The summed E-state index contributed by atoms with van der Waals surface area (Å²) in [6, 6.07) is 12.1. The standard InChI is InChI=1S/C17H13N5O2/c18-13-9-7-8(16(19)23)5-6-10(9)20-14(13)15-17(24)22-12-4-2-1-3-11(12)21-15/h1-7,20H,18H2,(H2,19,23)(H,22,24). The van der Waals surface area contributed by atoms with Gasteiger partial charge in [-0.1, -0.05) is 12.1 Å². The maximum atomic E-state index is 12.4. The van der Waals surface area contributed by atoms with E-state index in [4.69, 9.17) is 11.5 Å². The van der Waals surface area contributed by atoms with Crippen molar-refractivity contribution in [2.45, 2.75) is 0 Å². The van der Waals surface area contributed by atoms with E-state index in [2.05, 4.69) is 15.0 Å². The number of amides is 1. The van der Waals surface area contributed by atoms with E-state index in [-0.39, 0.29) is 11.3 Å². The summed E-state index contributed by atoms with van der Waals surface area (Å²) in [6.07, 6.45) is 0. The number of para-hydroxylation sites is 2. The maximum absolute atomic E-state index is 12.4. The third-order valence-electron chi connectivity index (χ3n) is 3.96. The fraction of sp³-hybridized carbons (Fsp3) is 0. The van der Waals surface area contributed by atoms with E-state index in [1.807, 2.05) is 12.1 Å². The van der Waals surface area contributed by atoms with Gasteiger partial charge in [-0.25, -0.2) is 4.98 Å². The number of aromatic amines is 2. The van der Waals surface area contributed by atoms with Crippen LogP contribution in [0.5, 0.6) is 0 Å². The van der Waals surface area contributed by atoms with Gasteiger partial charge in [0.2, 0.25) is 5.91 Å². The average molecular weight is 319 g/mol. The molecule has 0 saturated carbocycles. The van der Waals surface area contributed by atoms with Gasteiger partial charge in [-0.05, 0) is 30.3 Å². The number of benzene rings is 2. The summed E-state index contributed by atoms with van der Waals surface area (Å²) in [4.78, 5) is 34.0. The molecule has 1 amide bonds. The van der Waals surface area contributed by atoms with Gasteiger partial charge in [0, 0.05) is 16.5 Å². The van der Waals surface area contributed by atoms with Gasteiger partial charge in [0.1, 0.15) is 0 Å². The molecule has 7 heteroatoms. The lowest BCUT2D eigenvalue weighted by atomic mass is 10.1. The second kappa shape index (κ2) is 4.95. The molecule has 0 aliphatic carbocycles. The Hall–Kier alpha value is -3.61. The number of carbonyl (C=O) groups is 1. The predicted molar refractivity (Wildman–Crippen MR) is 92.6 cm³/mol. The molecular formula is C17H13N5O2. The lowest BCUT2D eigenvalue weighted by molar-refractivity contribution is 0.100. The maximum Gasteiger partial charge on any atom is 0.276 e. The SMILES string of the molecule is NC(=O)c1ccc2[nH]c(-c3nc4ccccc4[nH]c3=O)c(N)c2c1. The van der Waals surface area contributed by atoms with E-state index in [9.17, 15) is 9.59 Å². The van der Waals surface area contributed by atoms with Gasteiger partial charge in [0.15, 0.2) is 5.69 Å². The van der Waals surface area contributed by atoms with Crippen LogP contribution in [-0.2, 0) is 0 Å². The largest absolute Gasteiger partial charge is 0.396 e. The van der Waals surface area contributed by atoms with Crippen molar-refractivity contribution >= 4 is 33.5 Å². The molecule has 0 aliphatic heterocycles. The van der Waals surface area contributed by atoms with Crippen molar-refractivity contribution in [2.75, 3.05) is 5.73 Å². The number of hydrogen-bond acceptors (Lipinski definition) is 4. The summed E-state index contributed by atoms with van der Waals surface area (Å²) < 4.78 is 0. The van der Waals surface area contributed by atoms with Crippen LogP contribution in [0.25, 0.3) is 33.3 Å². The van der Waals surface area contributed by atoms with Gasteiger partial charge in [-0.2, -0.15) is 0 Å². The van der Waals surface area contributed by atoms with Crippen LogP contribution in [0.2, 0.25) is 0 Å². The number of nitrogens with two attached hydrogens (primary N) is 2. The van der Waals surface area contributed by atoms with Crippen LogP contribution >= 0.6 is 0 Å². The quantitative estimate of drug-likeness (QED) is 0.448. The first-order valence-electron chi connectivity index (χ1n) is 7.25. The number of nitrogens with zero attached hydrogens (tertiary/aromatic N) is 1. The number of nitrogen functional groups attached to an aromatic ring is 1. The second-order valence-corrected chi connectivity index (χ2v) is 5.47. The Kier molecular flexibility index (Phi) is 2.89. The molecule has 2 heterocycles. The number of fused-ring (bicyclic) bond motifs is 2. The minimum Gasteiger partial charge on any atom is -0.396 e. The minimum atomic E-state index is -0.541. The zero-order chi connectivity index (χ0) is 16.8. The Morgan fingerprint density at radius 1 is 1.04 bits per heavy atom. The molecule has 2 aromatic carbocycles. The molecule has 0 unspecified atom stereocenters. The number of rotatable bonds is 2. The molecule has 0 fully saturated rings. The third-order valence-corrected chi connectivity index (χ3v) is 3.96. The first-order chi connectivity index (χ1) is 11.5. The van der Waals surface area contributed by atoms with Crippen LogP contribution in [0.4, 0.5) is 5.69 Å². The Balaban J connectivity index is 2.00. The summed E-state index contributed by atoms with van der Waals surface area (Å²) in [5, 5.41) is 0.621. The molecule has 0 atom stereocenters. The van der Waals surface area contributed by atoms with Crippen molar-refractivity contribution in [1.82, 2.24) is 15.0 Å². The number of H-pyrrole nitrogens is 2. The van der Waals surface area contributed by atoms with E-state index in [0.29, 0.717) is 38.9 Å². The van der Waals surface area contributed by atoms with Gasteiger partial charge in [0.05, 0.1) is 22.4 Å². The smallest absolute Gasteiger partial charge is 0.276 e. The van der Waals surface area contributed by atoms with Gasteiger partial charge < -0.3 is 21.4 Å². The zero-order valence-electron chi connectivity index (χ0n) is 12.5. The van der Waals surface area contributed by atoms with E-state index in [0.717, 1.165) is 0 Å². The fourth-order valence-electron chi connectivity index (χ4n) is 2.75. The van der Waals surface area contributed by atoms with Crippen LogP contribution < -0.4 is 17.0 Å². The summed E-state index contributed by atoms with van der Waals surface area (Å²) in [5.41, 5.74) is 14.4. The van der Waals surface area contributed by atoms with E-state index in [1.165, 1.54) is 0 Å². The van der Waals surface area contributed by atoms with Gasteiger partial charge in [-0.3, -0.25) is 9.59 Å². The first kappa shape index (κ1) is 14.0. The highest BCUT2D eigenvalue weighted by atomic mass is 16.1. The second-order valence-electron chi connectivity index (χ2n) is 5.47. The lowest BCUT2D eigenvalue weighted by Gasteiger charge is -2.02. The third kappa shape index (κ3) is 2.03. The molecule has 4 rings (SSSR count). The Bertz CT molecular complexity index is 1170. The van der Waals surface area contributed by atoms with Crippen LogP contribution in [0.3, 0.4) is 0 Å². The van der Waals surface area contributed by atoms with Crippen LogP contribution in [0.15, 0.2) is 47.3 Å². The number of hydrogen-bond donors (Lipinski definition) is 4. The van der Waals surface area contributed by atoms with Gasteiger partial charge in [-0.15, -0.1) is 0 Å². The number of primary amides is 1. The summed E-state index contributed by atoms with van der Waals surface area (Å²) in [5.74, 6) is -0.541. The van der Waals surface area contributed by atoms with Crippen molar-refractivity contribution in [3.63, 3.8) is 0 Å². The molecule has 0 aliphatic rings. The number of aromatic nitrogens is 3. The molecule has 2 aromatic heterocycles. The molecule has 0 saturated heterocycles. The van der Waals surface area contributed by atoms with Crippen LogP contribution in [0, 0.1) is 0 Å². The number of anilines is 1. The van der Waals surface area contributed by atoms with Crippen LogP contribution in [-0.4, -0.2) is 20.9 Å². The fourth-order valence-corrected chi connectivity index (χ4v) is 2.75. The van der Waals surface area contributed by atoms with E-state index < -0.39 is 5.91 Å². The van der Waals surface area contributed by atoms with Crippen molar-refractivity contribution in [3.05, 3.63) is 58.4 Å². The molecular weight excluding hydrogens is 306 g/mol. The number of nitrogens with one attached hydrogen (secondary N) is 2. The lowest BCUT2D eigenvalue weighted by Crippen LogP contribution is -2.12. The molecule has 6 N–H and O–H groups in total. The summed E-state index contributed by atoms with van der Waals surface area (Å²) >= 11 is 0. The Morgan fingerprint density at radius 2 is 1.83 bits per heavy atom. The van der Waals surface area contributed by atoms with Gasteiger partial charge >= 0.3 is 0 Å². The van der Waals surface area contributed by atoms with Crippen molar-refractivity contribution in [1.29, 1.82) is 0 Å². The molecule has 24 heavy (non-hydrogen) atoms. The van der Waals surface area contributed by atoms with E-state index in [1.54, 1.807) is 30.3 Å². The molecule has 0 bridgehead atoms. The monoisotopic (exact) mass is 319 g/mol. The highest BCUT2D eigenvalue weighted by molar-refractivity contribution is 6.04.